The van der Waals surface area contributed by atoms with Gasteiger partial charge in [0.25, 0.3) is 0 Å². The van der Waals surface area contributed by atoms with E-state index in [9.17, 15) is 0 Å². The maximum Gasteiger partial charge on any atom is 0.129 e. The van der Waals surface area contributed by atoms with E-state index >= 15 is 0 Å². The first-order valence-electron chi connectivity index (χ1n) is 6.32. The van der Waals surface area contributed by atoms with Crippen LogP contribution in [0.15, 0.2) is 22.8 Å². The second-order valence-electron chi connectivity index (χ2n) is 3.79. The van der Waals surface area contributed by atoms with Gasteiger partial charge in [0.05, 0.1) is 6.26 Å². The molecular weight excluding hydrogens is 234 g/mol. The van der Waals surface area contributed by atoms with E-state index in [1.54, 1.807) is 6.26 Å². The Kier molecular flexibility index (Phi) is 9.19. The minimum Gasteiger partial charge on any atom is -0.467 e. The van der Waals surface area contributed by atoms with E-state index in [2.05, 4.69) is 12.2 Å². The van der Waals surface area contributed by atoms with Crippen LogP contribution in [0, 0.1) is 0 Å². The summed E-state index contributed by atoms with van der Waals surface area (Å²) in [5.74, 6) is 3.38. The van der Waals surface area contributed by atoms with Gasteiger partial charge >= 0.3 is 0 Å². The predicted molar refractivity (Wildman–Crippen MR) is 73.5 cm³/mol. The number of thioether (sulfide) groups is 1. The Morgan fingerprint density at radius 2 is 2.24 bits per heavy atom. The minimum atomic E-state index is 0.583. The van der Waals surface area contributed by atoms with E-state index in [1.165, 1.54) is 17.9 Å². The molecule has 0 saturated heterocycles. The molecule has 0 saturated carbocycles. The highest BCUT2D eigenvalue weighted by molar-refractivity contribution is 7.99. The second kappa shape index (κ2) is 10.7. The third kappa shape index (κ3) is 8.30. The normalized spacial score (nSPS) is 10.9. The van der Waals surface area contributed by atoms with Crippen LogP contribution in [-0.4, -0.2) is 31.2 Å². The molecule has 0 spiro atoms. The van der Waals surface area contributed by atoms with Crippen LogP contribution in [0.2, 0.25) is 0 Å². The first-order valence-corrected chi connectivity index (χ1v) is 7.47. The van der Waals surface area contributed by atoms with Crippen LogP contribution < -0.4 is 5.32 Å². The first-order chi connectivity index (χ1) is 8.43. The van der Waals surface area contributed by atoms with E-state index in [4.69, 9.17) is 9.15 Å². The van der Waals surface area contributed by atoms with E-state index in [-0.39, 0.29) is 0 Å². The Bertz CT molecular complexity index is 252. The van der Waals surface area contributed by atoms with Gasteiger partial charge in [-0.25, -0.2) is 0 Å². The molecule has 0 aromatic carbocycles. The zero-order chi connectivity index (χ0) is 12.2. The van der Waals surface area contributed by atoms with Gasteiger partial charge in [-0.3, -0.25) is 0 Å². The lowest BCUT2D eigenvalue weighted by Crippen LogP contribution is -2.18. The molecule has 0 bridgehead atoms. The van der Waals surface area contributed by atoms with Crippen molar-refractivity contribution in [3.05, 3.63) is 24.2 Å². The fourth-order valence-corrected chi connectivity index (χ4v) is 2.07. The Morgan fingerprint density at radius 1 is 1.35 bits per heavy atom. The summed E-state index contributed by atoms with van der Waals surface area (Å²) >= 11 is 2.00. The summed E-state index contributed by atoms with van der Waals surface area (Å²) in [5.41, 5.74) is 0. The van der Waals surface area contributed by atoms with Gasteiger partial charge in [0, 0.05) is 6.61 Å². The summed E-state index contributed by atoms with van der Waals surface area (Å²) in [4.78, 5) is 0. The Morgan fingerprint density at radius 3 is 3.00 bits per heavy atom. The molecule has 4 heteroatoms. The molecule has 0 aliphatic carbocycles. The van der Waals surface area contributed by atoms with Crippen molar-refractivity contribution < 1.29 is 9.15 Å². The zero-order valence-electron chi connectivity index (χ0n) is 10.6. The number of nitrogens with one attached hydrogen (secondary N) is 1. The number of hydrogen-bond acceptors (Lipinski definition) is 4. The van der Waals surface area contributed by atoms with Gasteiger partial charge < -0.3 is 14.5 Å². The number of rotatable bonds is 11. The number of hydrogen-bond donors (Lipinski definition) is 1. The lowest BCUT2D eigenvalue weighted by atomic mass is 10.4. The lowest BCUT2D eigenvalue weighted by Gasteiger charge is -2.04. The third-order valence-corrected chi connectivity index (χ3v) is 3.30. The average molecular weight is 257 g/mol. The topological polar surface area (TPSA) is 34.4 Å². The third-order valence-electron chi connectivity index (χ3n) is 2.31. The van der Waals surface area contributed by atoms with Gasteiger partial charge in [-0.2, -0.15) is 11.8 Å². The van der Waals surface area contributed by atoms with Crippen LogP contribution in [0.5, 0.6) is 0 Å². The van der Waals surface area contributed by atoms with Crippen LogP contribution in [0.25, 0.3) is 0 Å². The van der Waals surface area contributed by atoms with Gasteiger partial charge in [0.1, 0.15) is 12.4 Å². The van der Waals surface area contributed by atoms with Crippen molar-refractivity contribution in [3.8, 4) is 0 Å². The summed E-state index contributed by atoms with van der Waals surface area (Å²) in [7, 11) is 0. The van der Waals surface area contributed by atoms with E-state index in [0.29, 0.717) is 6.61 Å². The molecule has 1 aromatic rings. The van der Waals surface area contributed by atoms with E-state index in [0.717, 1.165) is 31.9 Å². The molecular formula is C13H23NO2S. The summed E-state index contributed by atoms with van der Waals surface area (Å²) in [6.45, 7) is 5.73. The summed E-state index contributed by atoms with van der Waals surface area (Å²) in [6.07, 6.45) is 3.99. The summed E-state index contributed by atoms with van der Waals surface area (Å²) in [5, 5.41) is 3.42. The highest BCUT2D eigenvalue weighted by Gasteiger charge is 1.95. The maximum atomic E-state index is 5.49. The molecule has 1 rings (SSSR count). The van der Waals surface area contributed by atoms with Crippen molar-refractivity contribution in [1.82, 2.24) is 5.32 Å². The van der Waals surface area contributed by atoms with Crippen molar-refractivity contribution in [3.63, 3.8) is 0 Å². The Labute approximate surface area is 108 Å². The maximum absolute atomic E-state index is 5.49. The zero-order valence-corrected chi connectivity index (χ0v) is 11.4. The number of furan rings is 1. The SMILES string of the molecule is CCSCCCNCCCOCc1ccco1. The van der Waals surface area contributed by atoms with Crippen LogP contribution in [0.4, 0.5) is 0 Å². The van der Waals surface area contributed by atoms with E-state index < -0.39 is 0 Å². The molecule has 0 fully saturated rings. The largest absolute Gasteiger partial charge is 0.467 e. The molecule has 0 aliphatic heterocycles. The van der Waals surface area contributed by atoms with Gasteiger partial charge in [-0.05, 0) is 49.6 Å². The van der Waals surface area contributed by atoms with Crippen molar-refractivity contribution in [2.24, 2.45) is 0 Å². The Balaban J connectivity index is 1.76. The van der Waals surface area contributed by atoms with Crippen molar-refractivity contribution in [2.75, 3.05) is 31.2 Å². The van der Waals surface area contributed by atoms with Crippen LogP contribution in [-0.2, 0) is 11.3 Å². The van der Waals surface area contributed by atoms with E-state index in [1.807, 2.05) is 23.9 Å². The van der Waals surface area contributed by atoms with Gasteiger partial charge in [0.15, 0.2) is 0 Å². The Hall–Kier alpha value is -0.450. The van der Waals surface area contributed by atoms with Crippen LogP contribution in [0.3, 0.4) is 0 Å². The lowest BCUT2D eigenvalue weighted by molar-refractivity contribution is 0.104. The molecule has 0 atom stereocenters. The molecule has 3 nitrogen and oxygen atoms in total. The first kappa shape index (κ1) is 14.6. The molecule has 98 valence electrons. The molecule has 0 amide bonds. The highest BCUT2D eigenvalue weighted by Crippen LogP contribution is 2.02. The fourth-order valence-electron chi connectivity index (χ4n) is 1.44. The predicted octanol–water partition coefficient (Wildman–Crippen LogP) is 2.92. The molecule has 0 unspecified atom stereocenters. The monoisotopic (exact) mass is 257 g/mol. The van der Waals surface area contributed by atoms with Crippen molar-refractivity contribution in [1.29, 1.82) is 0 Å². The fraction of sp³-hybridized carbons (Fsp3) is 0.692. The molecule has 1 aromatic heterocycles. The van der Waals surface area contributed by atoms with Gasteiger partial charge in [-0.1, -0.05) is 6.92 Å². The van der Waals surface area contributed by atoms with Crippen molar-refractivity contribution >= 4 is 11.8 Å². The quantitative estimate of drug-likeness (QED) is 0.618. The van der Waals surface area contributed by atoms with Gasteiger partial charge in [0.2, 0.25) is 0 Å². The second-order valence-corrected chi connectivity index (χ2v) is 5.18. The molecule has 17 heavy (non-hydrogen) atoms. The highest BCUT2D eigenvalue weighted by atomic mass is 32.2. The average Bonchev–Trinajstić information content (AvgIpc) is 2.85. The molecule has 0 aliphatic rings. The molecule has 0 radical (unpaired) electrons. The van der Waals surface area contributed by atoms with Crippen molar-refractivity contribution in [2.45, 2.75) is 26.4 Å². The van der Waals surface area contributed by atoms with Crippen LogP contribution in [0.1, 0.15) is 25.5 Å². The number of ether oxygens (including phenoxy) is 1. The summed E-state index contributed by atoms with van der Waals surface area (Å²) < 4.78 is 10.7. The van der Waals surface area contributed by atoms with Gasteiger partial charge in [-0.15, -0.1) is 0 Å². The van der Waals surface area contributed by atoms with Crippen LogP contribution >= 0.6 is 11.8 Å². The standard InChI is InChI=1S/C13H23NO2S/c1-2-17-11-5-8-14-7-4-9-15-12-13-6-3-10-16-13/h3,6,10,14H,2,4-5,7-9,11-12H2,1H3. The summed E-state index contributed by atoms with van der Waals surface area (Å²) in [6, 6.07) is 3.82. The minimum absolute atomic E-state index is 0.583. The molecule has 1 N–H and O–H groups in total. The smallest absolute Gasteiger partial charge is 0.129 e. The molecule has 1 heterocycles.